The number of carbonyl (C=O) groups is 1. The van der Waals surface area contributed by atoms with Crippen LogP contribution in [-0.2, 0) is 6.42 Å². The Hall–Kier alpha value is -3.82. The van der Waals surface area contributed by atoms with Crippen LogP contribution < -0.4 is 0 Å². The lowest BCUT2D eigenvalue weighted by Crippen LogP contribution is -2.31. The average Bonchev–Trinajstić information content (AvgIpc) is 3.39. The van der Waals surface area contributed by atoms with Gasteiger partial charge in [0.15, 0.2) is 0 Å². The molecule has 0 fully saturated rings. The van der Waals surface area contributed by atoms with Gasteiger partial charge in [0.25, 0.3) is 5.91 Å². The maximum atomic E-state index is 13.7. The number of rotatable bonds is 5. The number of hydrogen-bond donors (Lipinski definition) is 1. The molecule has 1 aliphatic heterocycles. The number of aromatic nitrogens is 1. The molecule has 1 aliphatic rings. The third-order valence-corrected chi connectivity index (χ3v) is 6.95. The zero-order valence-corrected chi connectivity index (χ0v) is 19.3. The monoisotopic (exact) mass is 462 g/mol. The van der Waals surface area contributed by atoms with Crippen molar-refractivity contribution in [2.75, 3.05) is 6.54 Å². The molecule has 5 aromatic rings. The molecule has 166 valence electrons. The summed E-state index contributed by atoms with van der Waals surface area (Å²) in [5.74, 6) is 0.0869. The second-order valence-corrected chi connectivity index (χ2v) is 9.13. The Kier molecular flexibility index (Phi) is 5.20. The zero-order chi connectivity index (χ0) is 23.1. The number of nitrogens with zero attached hydrogens (tertiary/aromatic N) is 1. The Morgan fingerprint density at radius 2 is 1.50 bits per heavy atom. The smallest absolute Gasteiger partial charge is 0.255 e. The van der Waals surface area contributed by atoms with Crippen LogP contribution in [0.5, 0.6) is 0 Å². The maximum Gasteiger partial charge on any atom is 0.255 e. The van der Waals surface area contributed by atoms with Crippen LogP contribution in [-0.4, -0.2) is 22.3 Å². The molecule has 2 heterocycles. The van der Waals surface area contributed by atoms with Crippen molar-refractivity contribution >= 4 is 28.4 Å². The third-order valence-electron chi connectivity index (χ3n) is 6.70. The van der Waals surface area contributed by atoms with E-state index in [4.69, 9.17) is 11.6 Å². The van der Waals surface area contributed by atoms with E-state index in [1.165, 1.54) is 5.56 Å². The number of para-hydroxylation sites is 1. The molecule has 6 rings (SSSR count). The molecule has 1 atom stereocenters. The van der Waals surface area contributed by atoms with Gasteiger partial charge in [0.1, 0.15) is 0 Å². The van der Waals surface area contributed by atoms with Gasteiger partial charge in [-0.1, -0.05) is 90.5 Å². The van der Waals surface area contributed by atoms with Crippen molar-refractivity contribution < 1.29 is 4.79 Å². The van der Waals surface area contributed by atoms with E-state index in [9.17, 15) is 4.79 Å². The number of carbonyl (C=O) groups excluding carboxylic acids is 1. The van der Waals surface area contributed by atoms with Crippen LogP contribution in [0.1, 0.15) is 33.1 Å². The SMILES string of the molecule is O=C1c2ccccc2[C@H](c2c(-c3ccc(Cl)cc3)[nH]c3ccccc23)N1CCc1ccccc1. The van der Waals surface area contributed by atoms with Crippen LogP contribution in [0.15, 0.2) is 103 Å². The van der Waals surface area contributed by atoms with Crippen LogP contribution in [0.25, 0.3) is 22.2 Å². The minimum Gasteiger partial charge on any atom is -0.354 e. The minimum atomic E-state index is -0.172. The van der Waals surface area contributed by atoms with Crippen molar-refractivity contribution in [3.63, 3.8) is 0 Å². The molecule has 34 heavy (non-hydrogen) atoms. The van der Waals surface area contributed by atoms with Crippen LogP contribution in [0, 0.1) is 0 Å². The fourth-order valence-corrected chi connectivity index (χ4v) is 5.22. The van der Waals surface area contributed by atoms with Crippen molar-refractivity contribution in [3.05, 3.63) is 130 Å². The van der Waals surface area contributed by atoms with Gasteiger partial charge in [-0.3, -0.25) is 4.79 Å². The van der Waals surface area contributed by atoms with E-state index in [0.29, 0.717) is 11.6 Å². The molecule has 3 nitrogen and oxygen atoms in total. The number of fused-ring (bicyclic) bond motifs is 2. The summed E-state index contributed by atoms with van der Waals surface area (Å²) in [6.07, 6.45) is 0.801. The summed E-state index contributed by atoms with van der Waals surface area (Å²) in [6, 6.07) is 34.4. The molecular weight excluding hydrogens is 440 g/mol. The summed E-state index contributed by atoms with van der Waals surface area (Å²) < 4.78 is 0. The molecule has 1 aromatic heterocycles. The summed E-state index contributed by atoms with van der Waals surface area (Å²) in [6.45, 7) is 0.641. The molecule has 0 saturated heterocycles. The summed E-state index contributed by atoms with van der Waals surface area (Å²) >= 11 is 6.19. The lowest BCUT2D eigenvalue weighted by molar-refractivity contribution is 0.0753. The van der Waals surface area contributed by atoms with Crippen molar-refractivity contribution in [1.29, 1.82) is 0 Å². The van der Waals surface area contributed by atoms with Gasteiger partial charge >= 0.3 is 0 Å². The van der Waals surface area contributed by atoms with E-state index in [-0.39, 0.29) is 11.9 Å². The summed E-state index contributed by atoms with van der Waals surface area (Å²) in [4.78, 5) is 19.3. The summed E-state index contributed by atoms with van der Waals surface area (Å²) in [7, 11) is 0. The van der Waals surface area contributed by atoms with E-state index in [2.05, 4.69) is 41.4 Å². The van der Waals surface area contributed by atoms with E-state index >= 15 is 0 Å². The minimum absolute atomic E-state index is 0.0869. The predicted octanol–water partition coefficient (Wildman–Crippen LogP) is 7.28. The van der Waals surface area contributed by atoms with Gasteiger partial charge in [0.2, 0.25) is 0 Å². The number of amides is 1. The van der Waals surface area contributed by atoms with E-state index in [1.54, 1.807) is 0 Å². The lowest BCUT2D eigenvalue weighted by atomic mass is 9.93. The van der Waals surface area contributed by atoms with Crippen LogP contribution in [0.3, 0.4) is 0 Å². The van der Waals surface area contributed by atoms with E-state index in [1.807, 2.05) is 71.6 Å². The number of hydrogen-bond acceptors (Lipinski definition) is 1. The quantitative estimate of drug-likeness (QED) is 0.293. The van der Waals surface area contributed by atoms with Gasteiger partial charge in [-0.15, -0.1) is 0 Å². The molecule has 1 N–H and O–H groups in total. The van der Waals surface area contributed by atoms with Gasteiger partial charge in [-0.25, -0.2) is 0 Å². The molecule has 4 aromatic carbocycles. The standard InChI is InChI=1S/C30H23ClN2O/c31-22-16-14-21(15-17-22)28-27(25-12-6-7-13-26(25)32-28)29-23-10-4-5-11-24(23)30(34)33(29)19-18-20-8-2-1-3-9-20/h1-17,29,32H,18-19H2/t29-/m1/s1. The Morgan fingerprint density at radius 3 is 2.32 bits per heavy atom. The molecular formula is C30H23ClN2O. The van der Waals surface area contributed by atoms with Crippen molar-refractivity contribution in [1.82, 2.24) is 9.88 Å². The highest BCUT2D eigenvalue weighted by molar-refractivity contribution is 6.30. The Morgan fingerprint density at radius 1 is 0.794 bits per heavy atom. The fraction of sp³-hybridized carbons (Fsp3) is 0.100. The number of H-pyrrole nitrogens is 1. The maximum absolute atomic E-state index is 13.7. The molecule has 1 amide bonds. The van der Waals surface area contributed by atoms with Gasteiger partial charge < -0.3 is 9.88 Å². The van der Waals surface area contributed by atoms with Crippen LogP contribution in [0.2, 0.25) is 5.02 Å². The zero-order valence-electron chi connectivity index (χ0n) is 18.5. The van der Waals surface area contributed by atoms with E-state index < -0.39 is 0 Å². The first kappa shape index (κ1) is 20.8. The first-order valence-corrected chi connectivity index (χ1v) is 11.9. The van der Waals surface area contributed by atoms with Gasteiger partial charge in [0.05, 0.1) is 11.7 Å². The normalized spacial score (nSPS) is 15.1. The largest absolute Gasteiger partial charge is 0.354 e. The Labute approximate surface area is 203 Å². The van der Waals surface area contributed by atoms with Gasteiger partial charge in [-0.2, -0.15) is 0 Å². The first-order valence-electron chi connectivity index (χ1n) is 11.5. The van der Waals surface area contributed by atoms with Gasteiger partial charge in [0, 0.05) is 33.6 Å². The van der Waals surface area contributed by atoms with Crippen LogP contribution in [0.4, 0.5) is 0 Å². The summed E-state index contributed by atoms with van der Waals surface area (Å²) in [5.41, 5.74) is 7.33. The van der Waals surface area contributed by atoms with Gasteiger partial charge in [-0.05, 0) is 47.4 Å². The van der Waals surface area contributed by atoms with Crippen molar-refractivity contribution in [2.24, 2.45) is 0 Å². The molecule has 0 aliphatic carbocycles. The van der Waals surface area contributed by atoms with Crippen molar-refractivity contribution in [2.45, 2.75) is 12.5 Å². The Bertz CT molecular complexity index is 1490. The number of nitrogens with one attached hydrogen (secondary N) is 1. The predicted molar refractivity (Wildman–Crippen MR) is 138 cm³/mol. The first-order chi connectivity index (χ1) is 16.7. The number of benzene rings is 4. The lowest BCUT2D eigenvalue weighted by Gasteiger charge is -2.27. The molecule has 0 unspecified atom stereocenters. The topological polar surface area (TPSA) is 36.1 Å². The fourth-order valence-electron chi connectivity index (χ4n) is 5.10. The number of aromatic amines is 1. The molecule has 0 bridgehead atoms. The highest BCUT2D eigenvalue weighted by Gasteiger charge is 2.39. The number of halogens is 1. The van der Waals surface area contributed by atoms with Crippen molar-refractivity contribution in [3.8, 4) is 11.3 Å². The summed E-state index contributed by atoms with van der Waals surface area (Å²) in [5, 5.41) is 1.83. The highest BCUT2D eigenvalue weighted by atomic mass is 35.5. The molecule has 0 radical (unpaired) electrons. The Balaban J connectivity index is 1.53. The molecule has 4 heteroatoms. The average molecular weight is 463 g/mol. The van der Waals surface area contributed by atoms with E-state index in [0.717, 1.165) is 45.3 Å². The molecule has 0 spiro atoms. The van der Waals surface area contributed by atoms with Crippen LogP contribution >= 0.6 is 11.6 Å². The third kappa shape index (κ3) is 3.49. The molecule has 0 saturated carbocycles. The highest BCUT2D eigenvalue weighted by Crippen LogP contribution is 2.45. The second kappa shape index (κ2) is 8.51. The second-order valence-electron chi connectivity index (χ2n) is 8.69.